The Hall–Kier alpha value is -2.72. The number of nitrogens with one attached hydrogen (secondary N) is 1. The number of ether oxygens (including phenoxy) is 1. The first-order valence-electron chi connectivity index (χ1n) is 8.36. The minimum Gasteiger partial charge on any atom is -0.448 e. The van der Waals surface area contributed by atoms with E-state index in [0.717, 1.165) is 28.3 Å². The molecule has 0 radical (unpaired) electrons. The van der Waals surface area contributed by atoms with Gasteiger partial charge >= 0.3 is 12.1 Å². The first-order valence-corrected chi connectivity index (χ1v) is 10.1. The van der Waals surface area contributed by atoms with Crippen molar-refractivity contribution in [2.24, 2.45) is 0 Å². The van der Waals surface area contributed by atoms with Crippen LogP contribution in [0.4, 0.5) is 18.9 Å². The number of para-hydroxylation sites is 1. The summed E-state index contributed by atoms with van der Waals surface area (Å²) in [4.78, 5) is 30.2. The van der Waals surface area contributed by atoms with E-state index in [1.54, 1.807) is 6.92 Å². The summed E-state index contributed by atoms with van der Waals surface area (Å²) in [5.74, 6) is -1.62. The average molecular weight is 440 g/mol. The van der Waals surface area contributed by atoms with Gasteiger partial charge in [-0.1, -0.05) is 18.2 Å². The molecular weight excluding hydrogens is 425 g/mol. The highest BCUT2D eigenvalue weighted by Gasteiger charge is 2.34. The number of thiophene rings is 1. The molecule has 3 aromatic rings. The topological polar surface area (TPSA) is 68.3 Å². The van der Waals surface area contributed by atoms with Crippen molar-refractivity contribution in [2.45, 2.75) is 26.1 Å². The molecule has 152 valence electrons. The lowest BCUT2D eigenvalue weighted by Gasteiger charge is -2.16. The number of benzene rings is 1. The summed E-state index contributed by atoms with van der Waals surface area (Å²) in [6.07, 6.45) is -5.92. The van der Waals surface area contributed by atoms with Gasteiger partial charge in [0.2, 0.25) is 0 Å². The largest absolute Gasteiger partial charge is 0.448 e. The maximum absolute atomic E-state index is 13.1. The third kappa shape index (κ3) is 4.83. The zero-order valence-electron chi connectivity index (χ0n) is 15.2. The highest BCUT2D eigenvalue weighted by atomic mass is 32.1. The number of rotatable bonds is 5. The monoisotopic (exact) mass is 440 g/mol. The van der Waals surface area contributed by atoms with Crippen molar-refractivity contribution < 1.29 is 27.5 Å². The second-order valence-electron chi connectivity index (χ2n) is 5.99. The van der Waals surface area contributed by atoms with E-state index in [9.17, 15) is 22.8 Å². The van der Waals surface area contributed by atoms with E-state index in [2.05, 4.69) is 10.3 Å². The first-order chi connectivity index (χ1) is 13.7. The van der Waals surface area contributed by atoms with Gasteiger partial charge in [0.25, 0.3) is 5.91 Å². The minimum absolute atomic E-state index is 0.240. The number of alkyl halides is 3. The fraction of sp³-hybridized carbons (Fsp3) is 0.211. The number of hydrogen-bond donors (Lipinski definition) is 1. The summed E-state index contributed by atoms with van der Waals surface area (Å²) in [6, 6.07) is 8.31. The number of halogens is 3. The van der Waals surface area contributed by atoms with Crippen molar-refractivity contribution in [3.8, 4) is 9.88 Å². The zero-order valence-corrected chi connectivity index (χ0v) is 16.9. The number of esters is 1. The minimum atomic E-state index is -4.62. The number of amides is 1. The van der Waals surface area contributed by atoms with Crippen molar-refractivity contribution in [3.05, 3.63) is 57.9 Å². The summed E-state index contributed by atoms with van der Waals surface area (Å²) in [6.45, 7) is 2.94. The number of aryl methyl sites for hydroxylation is 1. The van der Waals surface area contributed by atoms with Gasteiger partial charge in [-0.3, -0.25) is 4.79 Å². The fourth-order valence-electron chi connectivity index (χ4n) is 2.43. The lowest BCUT2D eigenvalue weighted by Crippen LogP contribution is -2.30. The number of nitrogens with zero attached hydrogens (tertiary/aromatic N) is 1. The molecule has 0 aliphatic heterocycles. The zero-order chi connectivity index (χ0) is 21.2. The number of carbonyl (C=O) groups is 2. The Morgan fingerprint density at radius 3 is 2.55 bits per heavy atom. The molecule has 1 N–H and O–H groups in total. The van der Waals surface area contributed by atoms with E-state index in [1.807, 2.05) is 17.5 Å². The molecule has 1 atom stereocenters. The van der Waals surface area contributed by atoms with Gasteiger partial charge in [-0.15, -0.1) is 22.7 Å². The van der Waals surface area contributed by atoms with Gasteiger partial charge in [0, 0.05) is 0 Å². The van der Waals surface area contributed by atoms with Crippen molar-refractivity contribution in [3.63, 3.8) is 0 Å². The van der Waals surface area contributed by atoms with E-state index < -0.39 is 35.4 Å². The molecule has 5 nitrogen and oxygen atoms in total. The van der Waals surface area contributed by atoms with Crippen molar-refractivity contribution in [1.82, 2.24) is 4.98 Å². The Morgan fingerprint density at radius 1 is 1.17 bits per heavy atom. The molecule has 0 aliphatic rings. The molecular formula is C19H15F3N2O3S2. The third-order valence-electron chi connectivity index (χ3n) is 3.86. The summed E-state index contributed by atoms with van der Waals surface area (Å²) in [7, 11) is 0. The number of carbonyl (C=O) groups excluding carboxylic acids is 2. The van der Waals surface area contributed by atoms with E-state index in [-0.39, 0.29) is 4.88 Å². The van der Waals surface area contributed by atoms with E-state index in [1.165, 1.54) is 30.4 Å². The maximum Gasteiger partial charge on any atom is 0.418 e. The third-order valence-corrected chi connectivity index (χ3v) is 6.03. The standard InChI is InChI=1S/C19H15F3N2O3S2/c1-10-15(29-17(23-10)14-8-5-9-28-14)18(26)27-11(2)16(25)24-13-7-4-3-6-12(13)19(20,21)22/h3-9,11H,1-2H3,(H,24,25). The molecule has 1 unspecified atom stereocenters. The van der Waals surface area contributed by atoms with Crippen LogP contribution in [0.3, 0.4) is 0 Å². The number of anilines is 1. The van der Waals surface area contributed by atoms with Gasteiger partial charge in [0.15, 0.2) is 6.10 Å². The summed E-state index contributed by atoms with van der Waals surface area (Å²) in [5.41, 5.74) is -0.925. The molecule has 3 rings (SSSR count). The number of aromatic nitrogens is 1. The quantitative estimate of drug-likeness (QED) is 0.541. The lowest BCUT2D eigenvalue weighted by atomic mass is 10.1. The average Bonchev–Trinajstić information content (AvgIpc) is 3.30. The van der Waals surface area contributed by atoms with Crippen LogP contribution < -0.4 is 5.32 Å². The molecule has 0 saturated carbocycles. The Bertz CT molecular complexity index is 1030. The predicted molar refractivity (Wildman–Crippen MR) is 105 cm³/mol. The molecule has 0 bridgehead atoms. The van der Waals surface area contributed by atoms with Crippen molar-refractivity contribution in [2.75, 3.05) is 5.32 Å². The van der Waals surface area contributed by atoms with Gasteiger partial charge in [-0.05, 0) is 37.4 Å². The number of thiazole rings is 1. The SMILES string of the molecule is Cc1nc(-c2cccs2)sc1C(=O)OC(C)C(=O)Nc1ccccc1C(F)(F)F. The second-order valence-corrected chi connectivity index (χ2v) is 7.94. The van der Waals surface area contributed by atoms with Crippen molar-refractivity contribution >= 4 is 40.2 Å². The molecule has 29 heavy (non-hydrogen) atoms. The van der Waals surface area contributed by atoms with Crippen LogP contribution in [0.1, 0.15) is 27.9 Å². The lowest BCUT2D eigenvalue weighted by molar-refractivity contribution is -0.137. The van der Waals surface area contributed by atoms with Gasteiger partial charge in [-0.25, -0.2) is 9.78 Å². The first kappa shape index (κ1) is 21.0. The van der Waals surface area contributed by atoms with Crippen LogP contribution in [-0.2, 0) is 15.7 Å². The summed E-state index contributed by atoms with van der Waals surface area (Å²) in [5, 5.41) is 4.71. The van der Waals surface area contributed by atoms with E-state index in [4.69, 9.17) is 4.74 Å². The van der Waals surface area contributed by atoms with Crippen LogP contribution in [-0.4, -0.2) is 23.0 Å². The van der Waals surface area contributed by atoms with Gasteiger partial charge in [0.1, 0.15) is 9.88 Å². The Morgan fingerprint density at radius 2 is 1.90 bits per heavy atom. The van der Waals surface area contributed by atoms with E-state index >= 15 is 0 Å². The van der Waals surface area contributed by atoms with Gasteiger partial charge in [-0.2, -0.15) is 13.2 Å². The van der Waals surface area contributed by atoms with Crippen LogP contribution in [0.15, 0.2) is 41.8 Å². The smallest absolute Gasteiger partial charge is 0.418 e. The molecule has 2 heterocycles. The maximum atomic E-state index is 13.1. The van der Waals surface area contributed by atoms with Crippen LogP contribution in [0.5, 0.6) is 0 Å². The molecule has 10 heteroatoms. The van der Waals surface area contributed by atoms with Crippen LogP contribution in [0, 0.1) is 6.92 Å². The molecule has 2 aromatic heterocycles. The highest BCUT2D eigenvalue weighted by molar-refractivity contribution is 7.22. The Labute approximate surface area is 172 Å². The summed E-state index contributed by atoms with van der Waals surface area (Å²) < 4.78 is 44.3. The van der Waals surface area contributed by atoms with Crippen LogP contribution >= 0.6 is 22.7 Å². The number of hydrogen-bond acceptors (Lipinski definition) is 6. The molecule has 0 fully saturated rings. The summed E-state index contributed by atoms with van der Waals surface area (Å²) >= 11 is 2.61. The molecule has 1 aromatic carbocycles. The van der Waals surface area contributed by atoms with Gasteiger partial charge < -0.3 is 10.1 Å². The second kappa shape index (κ2) is 8.34. The van der Waals surface area contributed by atoms with Crippen LogP contribution in [0.25, 0.3) is 9.88 Å². The molecule has 0 aliphatic carbocycles. The van der Waals surface area contributed by atoms with Gasteiger partial charge in [0.05, 0.1) is 21.8 Å². The highest BCUT2D eigenvalue weighted by Crippen LogP contribution is 2.35. The molecule has 1 amide bonds. The Balaban J connectivity index is 1.70. The fourth-order valence-corrected chi connectivity index (χ4v) is 4.18. The van der Waals surface area contributed by atoms with E-state index in [0.29, 0.717) is 10.7 Å². The molecule has 0 saturated heterocycles. The predicted octanol–water partition coefficient (Wildman–Crippen LogP) is 5.38. The Kier molecular flexibility index (Phi) is 6.04. The normalized spacial score (nSPS) is 12.4. The van der Waals surface area contributed by atoms with Crippen LogP contribution in [0.2, 0.25) is 0 Å². The van der Waals surface area contributed by atoms with Crippen molar-refractivity contribution in [1.29, 1.82) is 0 Å². The molecule has 0 spiro atoms.